The van der Waals surface area contributed by atoms with Crippen molar-refractivity contribution >= 4 is 34.2 Å². The first-order valence-electron chi connectivity index (χ1n) is 9.75. The van der Waals surface area contributed by atoms with Gasteiger partial charge in [-0.1, -0.05) is 24.8 Å². The zero-order valence-corrected chi connectivity index (χ0v) is 18.8. The number of H-pyrrole nitrogens is 1. The fraction of sp³-hybridized carbons (Fsp3) is 0.174. The van der Waals surface area contributed by atoms with Crippen LogP contribution in [0.3, 0.4) is 0 Å². The van der Waals surface area contributed by atoms with Gasteiger partial charge in [0, 0.05) is 29.3 Å². The highest BCUT2D eigenvalue weighted by Gasteiger charge is 2.14. The lowest BCUT2D eigenvalue weighted by Gasteiger charge is -2.16. The molecule has 4 aromatic rings. The molecule has 0 bridgehead atoms. The number of anilines is 1. The molecule has 0 radical (unpaired) electrons. The summed E-state index contributed by atoms with van der Waals surface area (Å²) in [7, 11) is 4.76. The van der Waals surface area contributed by atoms with Crippen molar-refractivity contribution in [2.45, 2.75) is 10.8 Å². The maximum Gasteiger partial charge on any atom is 0.203 e. The summed E-state index contributed by atoms with van der Waals surface area (Å²) < 4.78 is 16.2. The molecule has 0 unspecified atom stereocenters. The molecule has 0 aliphatic rings. The van der Waals surface area contributed by atoms with Crippen LogP contribution in [0.5, 0.6) is 17.2 Å². The molecule has 32 heavy (non-hydrogen) atoms. The normalized spacial score (nSPS) is 10.7. The Morgan fingerprint density at radius 2 is 1.84 bits per heavy atom. The SMILES string of the molecule is C=C(Nc1cc(OC)c(OC)c(OC)c1)c1cccc(CSc2ncnc3[nH]ncc23)c1. The highest BCUT2D eigenvalue weighted by Crippen LogP contribution is 2.40. The summed E-state index contributed by atoms with van der Waals surface area (Å²) in [5, 5.41) is 12.1. The van der Waals surface area contributed by atoms with Crippen LogP contribution in [0.15, 0.2) is 60.5 Å². The van der Waals surface area contributed by atoms with Crippen molar-refractivity contribution in [3.05, 3.63) is 66.6 Å². The molecule has 2 N–H and O–H groups in total. The van der Waals surface area contributed by atoms with Crippen LogP contribution in [0.4, 0.5) is 5.69 Å². The van der Waals surface area contributed by atoms with Crippen molar-refractivity contribution < 1.29 is 14.2 Å². The van der Waals surface area contributed by atoms with Crippen LogP contribution >= 0.6 is 11.8 Å². The lowest BCUT2D eigenvalue weighted by atomic mass is 10.1. The second kappa shape index (κ2) is 9.61. The highest BCUT2D eigenvalue weighted by atomic mass is 32.2. The van der Waals surface area contributed by atoms with E-state index in [0.717, 1.165) is 44.3 Å². The van der Waals surface area contributed by atoms with Gasteiger partial charge in [0.05, 0.1) is 32.9 Å². The number of aromatic amines is 1. The number of aromatic nitrogens is 4. The van der Waals surface area contributed by atoms with E-state index in [1.54, 1.807) is 45.6 Å². The molecule has 8 nitrogen and oxygen atoms in total. The molecule has 9 heteroatoms. The number of methoxy groups -OCH3 is 3. The summed E-state index contributed by atoms with van der Waals surface area (Å²) in [5.74, 6) is 2.44. The molecule has 164 valence electrons. The van der Waals surface area contributed by atoms with Gasteiger partial charge in [-0.25, -0.2) is 9.97 Å². The second-order valence-electron chi connectivity index (χ2n) is 6.82. The third-order valence-electron chi connectivity index (χ3n) is 4.82. The standard InChI is InChI=1S/C23H23N5O3S/c1-14(27-17-9-19(29-2)21(31-4)20(10-17)30-3)16-7-5-6-15(8-16)12-32-23-18-11-26-28-22(18)24-13-25-23/h5-11,13,27H,1,12H2,2-4H3,(H,24,25,26,28). The Morgan fingerprint density at radius 3 is 2.56 bits per heavy atom. The van der Waals surface area contributed by atoms with Gasteiger partial charge >= 0.3 is 0 Å². The van der Waals surface area contributed by atoms with E-state index in [0.29, 0.717) is 17.2 Å². The molecule has 0 saturated heterocycles. The van der Waals surface area contributed by atoms with Gasteiger partial charge in [-0.3, -0.25) is 5.10 Å². The number of thioether (sulfide) groups is 1. The minimum atomic E-state index is 0.543. The largest absolute Gasteiger partial charge is 0.493 e. The molecule has 2 aromatic heterocycles. The van der Waals surface area contributed by atoms with Gasteiger partial charge < -0.3 is 19.5 Å². The predicted molar refractivity (Wildman–Crippen MR) is 126 cm³/mol. The zero-order chi connectivity index (χ0) is 22.5. The van der Waals surface area contributed by atoms with Gasteiger partial charge in [0.2, 0.25) is 5.75 Å². The maximum absolute atomic E-state index is 5.43. The fourth-order valence-corrected chi connectivity index (χ4v) is 4.17. The summed E-state index contributed by atoms with van der Waals surface area (Å²) in [4.78, 5) is 8.56. The molecule has 0 spiro atoms. The number of nitrogens with one attached hydrogen (secondary N) is 2. The first-order chi connectivity index (χ1) is 15.6. The van der Waals surface area contributed by atoms with E-state index in [4.69, 9.17) is 14.2 Å². The van der Waals surface area contributed by atoms with Crippen LogP contribution in [-0.2, 0) is 5.75 Å². The van der Waals surface area contributed by atoms with E-state index in [9.17, 15) is 0 Å². The lowest BCUT2D eigenvalue weighted by Crippen LogP contribution is -2.01. The van der Waals surface area contributed by atoms with Gasteiger partial charge in [0.15, 0.2) is 17.1 Å². The third-order valence-corrected chi connectivity index (χ3v) is 5.90. The van der Waals surface area contributed by atoms with E-state index in [1.165, 1.54) is 0 Å². The average Bonchev–Trinajstić information content (AvgIpc) is 3.31. The van der Waals surface area contributed by atoms with Crippen LogP contribution in [0.25, 0.3) is 16.7 Å². The Bertz CT molecular complexity index is 1230. The van der Waals surface area contributed by atoms with Crippen LogP contribution in [-0.4, -0.2) is 41.5 Å². The Labute approximate surface area is 190 Å². The predicted octanol–water partition coefficient (Wildman–Crippen LogP) is 4.75. The van der Waals surface area contributed by atoms with E-state index in [-0.39, 0.29) is 0 Å². The molecule has 2 aromatic carbocycles. The van der Waals surface area contributed by atoms with Crippen LogP contribution < -0.4 is 19.5 Å². The van der Waals surface area contributed by atoms with Crippen molar-refractivity contribution in [2.24, 2.45) is 0 Å². The highest BCUT2D eigenvalue weighted by molar-refractivity contribution is 7.98. The number of nitrogens with zero attached hydrogens (tertiary/aromatic N) is 3. The molecule has 0 aliphatic heterocycles. The van der Waals surface area contributed by atoms with Gasteiger partial charge in [0.1, 0.15) is 11.4 Å². The maximum atomic E-state index is 5.43. The average molecular weight is 450 g/mol. The Balaban J connectivity index is 1.49. The van der Waals surface area contributed by atoms with Crippen molar-refractivity contribution in [1.82, 2.24) is 20.2 Å². The Hall–Kier alpha value is -3.72. The molecule has 2 heterocycles. The summed E-state index contributed by atoms with van der Waals surface area (Å²) in [5.41, 5.74) is 4.40. The Morgan fingerprint density at radius 1 is 1.06 bits per heavy atom. The molecule has 0 fully saturated rings. The van der Waals surface area contributed by atoms with Crippen molar-refractivity contribution in [1.29, 1.82) is 0 Å². The molecule has 4 rings (SSSR count). The molecule has 0 amide bonds. The van der Waals surface area contributed by atoms with Gasteiger partial charge in [0.25, 0.3) is 0 Å². The number of rotatable bonds is 9. The molecular formula is C23H23N5O3S. The van der Waals surface area contributed by atoms with E-state index in [2.05, 4.69) is 44.2 Å². The number of hydrogen-bond acceptors (Lipinski definition) is 8. The summed E-state index contributed by atoms with van der Waals surface area (Å²) in [6, 6.07) is 11.9. The van der Waals surface area contributed by atoms with E-state index >= 15 is 0 Å². The summed E-state index contributed by atoms with van der Waals surface area (Å²) in [6.07, 6.45) is 3.29. The first-order valence-corrected chi connectivity index (χ1v) is 10.7. The van der Waals surface area contributed by atoms with Gasteiger partial charge in [-0.05, 0) is 17.2 Å². The fourth-order valence-electron chi connectivity index (χ4n) is 3.26. The Kier molecular flexibility index (Phi) is 6.46. The van der Waals surface area contributed by atoms with Crippen LogP contribution in [0, 0.1) is 0 Å². The second-order valence-corrected chi connectivity index (χ2v) is 7.78. The number of benzene rings is 2. The van der Waals surface area contributed by atoms with Crippen molar-refractivity contribution in [3.8, 4) is 17.2 Å². The topological polar surface area (TPSA) is 94.2 Å². The van der Waals surface area contributed by atoms with Crippen molar-refractivity contribution in [3.63, 3.8) is 0 Å². The quantitative estimate of drug-likeness (QED) is 0.279. The smallest absolute Gasteiger partial charge is 0.203 e. The van der Waals surface area contributed by atoms with Crippen molar-refractivity contribution in [2.75, 3.05) is 26.6 Å². The van der Waals surface area contributed by atoms with Crippen LogP contribution in [0.1, 0.15) is 11.1 Å². The number of ether oxygens (including phenoxy) is 3. The van der Waals surface area contributed by atoms with Gasteiger partial charge in [-0.2, -0.15) is 5.10 Å². The lowest BCUT2D eigenvalue weighted by molar-refractivity contribution is 0.324. The summed E-state index contributed by atoms with van der Waals surface area (Å²) in [6.45, 7) is 4.20. The minimum Gasteiger partial charge on any atom is -0.493 e. The monoisotopic (exact) mass is 449 g/mol. The van der Waals surface area contributed by atoms with Gasteiger partial charge in [-0.15, -0.1) is 11.8 Å². The first kappa shape index (κ1) is 21.5. The third kappa shape index (κ3) is 4.47. The number of hydrogen-bond donors (Lipinski definition) is 2. The molecule has 0 aliphatic carbocycles. The molecule has 0 atom stereocenters. The van der Waals surface area contributed by atoms with E-state index < -0.39 is 0 Å². The zero-order valence-electron chi connectivity index (χ0n) is 18.0. The van der Waals surface area contributed by atoms with E-state index in [1.807, 2.05) is 24.3 Å². The summed E-state index contributed by atoms with van der Waals surface area (Å²) >= 11 is 1.64. The van der Waals surface area contributed by atoms with Crippen LogP contribution in [0.2, 0.25) is 0 Å². The molecular weight excluding hydrogens is 426 g/mol. The number of fused-ring (bicyclic) bond motifs is 1. The minimum absolute atomic E-state index is 0.543. The molecule has 0 saturated carbocycles.